The summed E-state index contributed by atoms with van der Waals surface area (Å²) in [5.41, 5.74) is 3.84. The lowest BCUT2D eigenvalue weighted by molar-refractivity contribution is -0.157. The fourth-order valence-electron chi connectivity index (χ4n) is 3.97. The van der Waals surface area contributed by atoms with E-state index in [1.54, 1.807) is 11.0 Å². The van der Waals surface area contributed by atoms with Crippen molar-refractivity contribution in [1.82, 2.24) is 14.9 Å². The Hall–Kier alpha value is -3.12. The number of rotatable bonds is 2. The molecule has 1 atom stereocenters. The van der Waals surface area contributed by atoms with Crippen molar-refractivity contribution in [2.45, 2.75) is 19.0 Å². The minimum atomic E-state index is -0.531. The third kappa shape index (κ3) is 2.68. The Kier molecular flexibility index (Phi) is 3.94. The minimum absolute atomic E-state index is 0.0636. The lowest BCUT2D eigenvalue weighted by atomic mass is 9.94. The summed E-state index contributed by atoms with van der Waals surface area (Å²) in [6.45, 7) is 0.354. The number of piperazine rings is 1. The lowest BCUT2D eigenvalue weighted by Gasteiger charge is -2.40. The van der Waals surface area contributed by atoms with Gasteiger partial charge in [-0.2, -0.15) is 5.10 Å². The first-order valence-corrected chi connectivity index (χ1v) is 9.47. The number of halogens is 1. The number of hydrazone groups is 1. The van der Waals surface area contributed by atoms with Gasteiger partial charge in [0.05, 0.1) is 12.8 Å². The number of nitrogens with one attached hydrogen (secondary N) is 1. The Morgan fingerprint density at radius 1 is 1.07 bits per heavy atom. The predicted molar refractivity (Wildman–Crippen MR) is 107 cm³/mol. The van der Waals surface area contributed by atoms with Gasteiger partial charge in [-0.1, -0.05) is 48.0 Å². The van der Waals surface area contributed by atoms with Gasteiger partial charge in [-0.25, -0.2) is 5.01 Å². The number of benzene rings is 2. The van der Waals surface area contributed by atoms with Gasteiger partial charge in [-0.05, 0) is 17.7 Å². The van der Waals surface area contributed by atoms with Crippen LogP contribution in [-0.2, 0) is 22.6 Å². The summed E-state index contributed by atoms with van der Waals surface area (Å²) in [6.07, 6.45) is 2.02. The van der Waals surface area contributed by atoms with E-state index in [1.807, 2.05) is 42.5 Å². The van der Waals surface area contributed by atoms with Crippen LogP contribution in [0.5, 0.6) is 0 Å². The maximum absolute atomic E-state index is 13.1. The van der Waals surface area contributed by atoms with Crippen molar-refractivity contribution >= 4 is 40.5 Å². The lowest BCUT2D eigenvalue weighted by Crippen LogP contribution is -2.60. The van der Waals surface area contributed by atoms with E-state index in [0.717, 1.165) is 22.2 Å². The fourth-order valence-corrected chi connectivity index (χ4v) is 4.15. The van der Waals surface area contributed by atoms with Crippen molar-refractivity contribution in [2.75, 3.05) is 6.54 Å². The van der Waals surface area contributed by atoms with Gasteiger partial charge in [-0.15, -0.1) is 0 Å². The quantitative estimate of drug-likeness (QED) is 0.681. The number of aromatic nitrogens is 1. The van der Waals surface area contributed by atoms with Gasteiger partial charge >= 0.3 is 0 Å². The normalized spacial score (nSPS) is 19.4. The number of amides is 2. The molecule has 5 rings (SSSR count). The van der Waals surface area contributed by atoms with Crippen molar-refractivity contribution < 1.29 is 9.59 Å². The molecule has 2 amide bonds. The number of carbonyl (C=O) groups excluding carboxylic acids is 2. The van der Waals surface area contributed by atoms with E-state index >= 15 is 0 Å². The van der Waals surface area contributed by atoms with Crippen molar-refractivity contribution in [3.8, 4) is 0 Å². The number of H-pyrrole nitrogens is 1. The molecular formula is C21H17ClN4O2. The van der Waals surface area contributed by atoms with Crippen LogP contribution in [0.1, 0.15) is 16.8 Å². The van der Waals surface area contributed by atoms with E-state index in [0.29, 0.717) is 23.6 Å². The van der Waals surface area contributed by atoms with E-state index in [9.17, 15) is 9.59 Å². The number of hydrogen-bond acceptors (Lipinski definition) is 3. The molecule has 2 aliphatic rings. The van der Waals surface area contributed by atoms with Crippen LogP contribution in [0.3, 0.4) is 0 Å². The average Bonchev–Trinajstić information content (AvgIpc) is 3.07. The maximum atomic E-state index is 13.1. The van der Waals surface area contributed by atoms with Gasteiger partial charge < -0.3 is 9.88 Å². The highest BCUT2D eigenvalue weighted by Gasteiger charge is 2.43. The summed E-state index contributed by atoms with van der Waals surface area (Å²) in [6, 6.07) is 14.7. The molecule has 3 heterocycles. The second-order valence-electron chi connectivity index (χ2n) is 7.03. The summed E-state index contributed by atoms with van der Waals surface area (Å²) < 4.78 is 0. The molecule has 140 valence electrons. The third-order valence-corrected chi connectivity index (χ3v) is 5.73. The van der Waals surface area contributed by atoms with Crippen LogP contribution in [0.4, 0.5) is 0 Å². The highest BCUT2D eigenvalue weighted by Crippen LogP contribution is 2.32. The van der Waals surface area contributed by atoms with E-state index in [2.05, 4.69) is 10.1 Å². The molecule has 1 fully saturated rings. The van der Waals surface area contributed by atoms with Crippen molar-refractivity contribution in [2.24, 2.45) is 5.10 Å². The minimum Gasteiger partial charge on any atom is -0.357 e. The first-order chi connectivity index (χ1) is 13.6. The second-order valence-corrected chi connectivity index (χ2v) is 7.44. The summed E-state index contributed by atoms with van der Waals surface area (Å²) in [7, 11) is 0. The summed E-state index contributed by atoms with van der Waals surface area (Å²) in [4.78, 5) is 30.8. The number of nitrogens with zero attached hydrogens (tertiary/aromatic N) is 3. The van der Waals surface area contributed by atoms with Gasteiger partial charge in [0.1, 0.15) is 12.6 Å². The van der Waals surface area contributed by atoms with Crippen LogP contribution in [0, 0.1) is 0 Å². The molecule has 1 aromatic heterocycles. The predicted octanol–water partition coefficient (Wildman–Crippen LogP) is 2.95. The van der Waals surface area contributed by atoms with Crippen molar-refractivity contribution in [3.05, 3.63) is 70.4 Å². The number of fused-ring (bicyclic) bond motifs is 4. The molecule has 1 saturated heterocycles. The van der Waals surface area contributed by atoms with Crippen LogP contribution in [0.25, 0.3) is 10.9 Å². The number of aromatic amines is 1. The Labute approximate surface area is 166 Å². The van der Waals surface area contributed by atoms with E-state index in [-0.39, 0.29) is 18.4 Å². The van der Waals surface area contributed by atoms with Gasteiger partial charge in [0, 0.05) is 33.6 Å². The number of carbonyl (C=O) groups is 2. The van der Waals surface area contributed by atoms with Crippen LogP contribution < -0.4 is 0 Å². The number of para-hydroxylation sites is 1. The summed E-state index contributed by atoms with van der Waals surface area (Å²) >= 11 is 6.14. The molecule has 2 aliphatic heterocycles. The smallest absolute Gasteiger partial charge is 0.266 e. The van der Waals surface area contributed by atoms with Crippen LogP contribution in [0.2, 0.25) is 5.02 Å². The average molecular weight is 393 g/mol. The van der Waals surface area contributed by atoms with Crippen LogP contribution >= 0.6 is 11.6 Å². The van der Waals surface area contributed by atoms with E-state index < -0.39 is 6.04 Å². The highest BCUT2D eigenvalue weighted by molar-refractivity contribution is 6.33. The van der Waals surface area contributed by atoms with Gasteiger partial charge in [0.15, 0.2) is 0 Å². The Morgan fingerprint density at radius 3 is 2.71 bits per heavy atom. The summed E-state index contributed by atoms with van der Waals surface area (Å²) in [5, 5.41) is 7.17. The Morgan fingerprint density at radius 2 is 1.86 bits per heavy atom. The molecule has 0 bridgehead atoms. The maximum Gasteiger partial charge on any atom is 0.266 e. The van der Waals surface area contributed by atoms with Gasteiger partial charge in [0.25, 0.3) is 5.91 Å². The molecule has 0 unspecified atom stereocenters. The molecule has 2 aromatic carbocycles. The molecule has 28 heavy (non-hydrogen) atoms. The van der Waals surface area contributed by atoms with Crippen molar-refractivity contribution in [1.29, 1.82) is 0 Å². The SMILES string of the molecule is O=C1[C@@H]2Cc3c([nH]c4ccccc34)CN2C(=O)CN1/N=C/c1ccccc1Cl. The van der Waals surface area contributed by atoms with Crippen LogP contribution in [-0.4, -0.2) is 45.5 Å². The van der Waals surface area contributed by atoms with Crippen LogP contribution in [0.15, 0.2) is 53.6 Å². The first-order valence-electron chi connectivity index (χ1n) is 9.09. The Balaban J connectivity index is 1.46. The largest absolute Gasteiger partial charge is 0.357 e. The molecule has 7 heteroatoms. The van der Waals surface area contributed by atoms with Gasteiger partial charge in [0.2, 0.25) is 5.91 Å². The zero-order valence-corrected chi connectivity index (χ0v) is 15.7. The molecule has 1 N–H and O–H groups in total. The second kappa shape index (κ2) is 6.49. The zero-order valence-electron chi connectivity index (χ0n) is 14.9. The molecule has 0 radical (unpaired) electrons. The molecular weight excluding hydrogens is 376 g/mol. The fraction of sp³-hybridized carbons (Fsp3) is 0.190. The van der Waals surface area contributed by atoms with Crippen molar-refractivity contribution in [3.63, 3.8) is 0 Å². The molecule has 0 spiro atoms. The number of hydrogen-bond donors (Lipinski definition) is 1. The topological polar surface area (TPSA) is 68.8 Å². The highest BCUT2D eigenvalue weighted by atomic mass is 35.5. The van der Waals surface area contributed by atoms with E-state index in [1.165, 1.54) is 11.2 Å². The first kappa shape index (κ1) is 17.0. The Bertz CT molecular complexity index is 1140. The van der Waals surface area contributed by atoms with E-state index in [4.69, 9.17) is 11.6 Å². The van der Waals surface area contributed by atoms with Gasteiger partial charge in [-0.3, -0.25) is 9.59 Å². The monoisotopic (exact) mass is 392 g/mol. The summed E-state index contributed by atoms with van der Waals surface area (Å²) in [5.74, 6) is -0.274. The third-order valence-electron chi connectivity index (χ3n) is 5.39. The zero-order chi connectivity index (χ0) is 19.3. The molecule has 3 aromatic rings. The standard InChI is InChI=1S/C21H17ClN4O2/c22-16-7-3-1-5-13(16)10-23-26-12-20(27)25-11-18-15(9-19(25)21(26)28)14-6-2-4-8-17(14)24-18/h1-8,10,19,24H,9,11-12H2/b23-10+/t19-/m0/s1. The molecule has 6 nitrogen and oxygen atoms in total. The molecule has 0 saturated carbocycles. The molecule has 0 aliphatic carbocycles.